The predicted molar refractivity (Wildman–Crippen MR) is 129 cm³/mol. The monoisotopic (exact) mass is 475 g/mol. The van der Waals surface area contributed by atoms with Gasteiger partial charge >= 0.3 is 0 Å². The number of nitriles is 1. The van der Waals surface area contributed by atoms with E-state index in [9.17, 15) is 14.9 Å². The maximum Gasteiger partial charge on any atom is 0.287 e. The molecule has 2 aliphatic rings. The molecule has 2 aromatic carbocycles. The number of carbonyl (C=O) groups excluding carboxylic acids is 2. The fourth-order valence-electron chi connectivity index (χ4n) is 4.24. The van der Waals surface area contributed by atoms with Crippen LogP contribution in [0.1, 0.15) is 36.2 Å². The lowest BCUT2D eigenvalue weighted by molar-refractivity contribution is -0.131. The number of hydrogen-bond acceptors (Lipinski definition) is 6. The lowest BCUT2D eigenvalue weighted by atomic mass is 9.88. The molecule has 1 saturated heterocycles. The molecule has 0 atom stereocenters. The molecule has 5 rings (SSSR count). The zero-order chi connectivity index (χ0) is 23.8. The van der Waals surface area contributed by atoms with Crippen molar-refractivity contribution in [3.05, 3.63) is 54.3 Å². The van der Waals surface area contributed by atoms with Crippen molar-refractivity contribution < 1.29 is 18.7 Å². The van der Waals surface area contributed by atoms with Crippen LogP contribution in [0.25, 0.3) is 22.1 Å². The van der Waals surface area contributed by atoms with Crippen LogP contribution in [0.15, 0.2) is 57.8 Å². The van der Waals surface area contributed by atoms with Gasteiger partial charge in [-0.3, -0.25) is 9.59 Å². The van der Waals surface area contributed by atoms with Crippen molar-refractivity contribution in [2.24, 2.45) is 0 Å². The Morgan fingerprint density at radius 2 is 1.68 bits per heavy atom. The molecule has 7 nitrogen and oxygen atoms in total. The zero-order valence-corrected chi connectivity index (χ0v) is 19.7. The largest absolute Gasteiger partial charge is 0.451 e. The molecular weight excluding hydrogens is 450 g/mol. The highest BCUT2D eigenvalue weighted by atomic mass is 32.2. The number of nitrogens with zero attached hydrogens (tertiary/aromatic N) is 1. The summed E-state index contributed by atoms with van der Waals surface area (Å²) in [5.74, 6) is -0.652. The van der Waals surface area contributed by atoms with Crippen LogP contribution in [0.2, 0.25) is 0 Å². The first-order chi connectivity index (χ1) is 16.5. The highest BCUT2D eigenvalue weighted by molar-refractivity contribution is 7.98. The molecule has 2 fully saturated rings. The number of benzene rings is 2. The maximum atomic E-state index is 13.2. The van der Waals surface area contributed by atoms with E-state index in [1.165, 1.54) is 4.90 Å². The molecule has 0 unspecified atom stereocenters. The van der Waals surface area contributed by atoms with E-state index < -0.39 is 17.0 Å². The Morgan fingerprint density at radius 1 is 0.971 bits per heavy atom. The van der Waals surface area contributed by atoms with Crippen molar-refractivity contribution in [2.45, 2.75) is 41.7 Å². The molecule has 174 valence electrons. The smallest absolute Gasteiger partial charge is 0.287 e. The van der Waals surface area contributed by atoms with Gasteiger partial charge in [0, 0.05) is 36.3 Å². The molecule has 1 aliphatic carbocycles. The first-order valence-electron chi connectivity index (χ1n) is 11.3. The number of carbonyl (C=O) groups is 2. The highest BCUT2D eigenvalue weighted by Gasteiger charge is 2.50. The van der Waals surface area contributed by atoms with E-state index in [1.54, 1.807) is 17.8 Å². The summed E-state index contributed by atoms with van der Waals surface area (Å²) >= 11 is 1.69. The Morgan fingerprint density at radius 3 is 2.32 bits per heavy atom. The van der Waals surface area contributed by atoms with Gasteiger partial charge in [-0.05, 0) is 54.5 Å². The van der Waals surface area contributed by atoms with Gasteiger partial charge in [0.2, 0.25) is 5.91 Å². The second-order valence-corrected chi connectivity index (χ2v) is 9.77. The van der Waals surface area contributed by atoms with Crippen molar-refractivity contribution in [1.82, 2.24) is 10.6 Å². The van der Waals surface area contributed by atoms with Crippen molar-refractivity contribution in [3.63, 3.8) is 0 Å². The summed E-state index contributed by atoms with van der Waals surface area (Å²) in [6.07, 6.45) is 3.96. The summed E-state index contributed by atoms with van der Waals surface area (Å²) < 4.78 is 11.3. The standard InChI is InChI=1S/C26H25N3O4S/c1-34-20-6-4-17(5-7-20)18-2-3-19-15-22(33-21(19)14-18)23(30)28-26(10-12-32-13-11-26)24(31)29-25(16-27)8-9-25/h2-7,14-15H,8-13H2,1H3,(H,28,30)(H,29,31). The molecule has 34 heavy (non-hydrogen) atoms. The number of fused-ring (bicyclic) bond motifs is 1. The molecule has 0 spiro atoms. The van der Waals surface area contributed by atoms with E-state index in [-0.39, 0.29) is 11.7 Å². The Labute approximate surface area is 201 Å². The van der Waals surface area contributed by atoms with Crippen molar-refractivity contribution in [2.75, 3.05) is 19.5 Å². The van der Waals surface area contributed by atoms with Gasteiger partial charge in [0.15, 0.2) is 5.76 Å². The van der Waals surface area contributed by atoms with Crippen LogP contribution in [0.5, 0.6) is 0 Å². The van der Waals surface area contributed by atoms with Gasteiger partial charge in [-0.15, -0.1) is 11.8 Å². The first kappa shape index (κ1) is 22.5. The molecule has 0 radical (unpaired) electrons. The van der Waals surface area contributed by atoms with Gasteiger partial charge in [0.1, 0.15) is 16.7 Å². The van der Waals surface area contributed by atoms with E-state index in [0.29, 0.717) is 44.5 Å². The molecule has 3 aromatic rings. The van der Waals surface area contributed by atoms with E-state index in [1.807, 2.05) is 24.5 Å². The minimum atomic E-state index is -1.13. The van der Waals surface area contributed by atoms with Crippen LogP contribution in [0.3, 0.4) is 0 Å². The van der Waals surface area contributed by atoms with Crippen LogP contribution in [0.4, 0.5) is 0 Å². The minimum Gasteiger partial charge on any atom is -0.451 e. The molecule has 2 N–H and O–H groups in total. The average molecular weight is 476 g/mol. The lowest BCUT2D eigenvalue weighted by Gasteiger charge is -2.36. The zero-order valence-electron chi connectivity index (χ0n) is 18.8. The summed E-state index contributed by atoms with van der Waals surface area (Å²) in [5.41, 5.74) is 0.713. The molecule has 8 heteroatoms. The van der Waals surface area contributed by atoms with Gasteiger partial charge in [0.05, 0.1) is 6.07 Å². The van der Waals surface area contributed by atoms with Gasteiger partial charge in [-0.2, -0.15) is 5.26 Å². The number of amides is 2. The van der Waals surface area contributed by atoms with Crippen molar-refractivity contribution in [1.29, 1.82) is 5.26 Å². The third-order valence-corrected chi connectivity index (χ3v) is 7.36. The van der Waals surface area contributed by atoms with Crippen LogP contribution in [0, 0.1) is 11.3 Å². The third-order valence-electron chi connectivity index (χ3n) is 6.62. The topological polar surface area (TPSA) is 104 Å². The Kier molecular flexibility index (Phi) is 5.84. The third kappa shape index (κ3) is 4.29. The summed E-state index contributed by atoms with van der Waals surface area (Å²) in [6, 6.07) is 18.0. The summed E-state index contributed by atoms with van der Waals surface area (Å²) in [6.45, 7) is 0.706. The van der Waals surface area contributed by atoms with E-state index in [0.717, 1.165) is 16.5 Å². The summed E-state index contributed by atoms with van der Waals surface area (Å²) in [5, 5.41) is 15.9. The summed E-state index contributed by atoms with van der Waals surface area (Å²) in [4.78, 5) is 27.5. The fraction of sp³-hybridized carbons (Fsp3) is 0.346. The highest BCUT2D eigenvalue weighted by Crippen LogP contribution is 2.36. The maximum absolute atomic E-state index is 13.2. The van der Waals surface area contributed by atoms with E-state index >= 15 is 0 Å². The molecule has 1 saturated carbocycles. The summed E-state index contributed by atoms with van der Waals surface area (Å²) in [7, 11) is 0. The quantitative estimate of drug-likeness (QED) is 0.516. The average Bonchev–Trinajstić information content (AvgIpc) is 3.51. The molecule has 2 amide bonds. The number of furan rings is 1. The number of thioether (sulfide) groups is 1. The van der Waals surface area contributed by atoms with Crippen LogP contribution in [-0.4, -0.2) is 42.4 Å². The second-order valence-electron chi connectivity index (χ2n) is 8.89. The van der Waals surface area contributed by atoms with Crippen LogP contribution in [-0.2, 0) is 9.53 Å². The van der Waals surface area contributed by atoms with Crippen molar-refractivity contribution in [3.8, 4) is 17.2 Å². The normalized spacial score (nSPS) is 18.1. The van der Waals surface area contributed by atoms with Gasteiger partial charge in [-0.25, -0.2) is 0 Å². The van der Waals surface area contributed by atoms with E-state index in [2.05, 4.69) is 41.0 Å². The van der Waals surface area contributed by atoms with Crippen molar-refractivity contribution >= 4 is 34.5 Å². The number of hydrogen-bond donors (Lipinski definition) is 2. The van der Waals surface area contributed by atoms with E-state index in [4.69, 9.17) is 9.15 Å². The Bertz CT molecular complexity index is 1280. The molecular formula is C26H25N3O4S. The lowest BCUT2D eigenvalue weighted by Crippen LogP contribution is -2.62. The molecule has 1 aromatic heterocycles. The van der Waals surface area contributed by atoms with Crippen LogP contribution < -0.4 is 10.6 Å². The molecule has 2 heterocycles. The van der Waals surface area contributed by atoms with Gasteiger partial charge < -0.3 is 19.8 Å². The first-order valence-corrected chi connectivity index (χ1v) is 12.5. The Hall–Kier alpha value is -3.28. The fourth-order valence-corrected chi connectivity index (χ4v) is 4.65. The number of nitrogens with one attached hydrogen (secondary N) is 2. The Balaban J connectivity index is 1.38. The number of ether oxygens (including phenoxy) is 1. The minimum absolute atomic E-state index is 0.143. The second kappa shape index (κ2) is 8.82. The SMILES string of the molecule is CSc1ccc(-c2ccc3cc(C(=O)NC4(C(=O)NC5(C#N)CC5)CCOCC4)oc3c2)cc1. The van der Waals surface area contributed by atoms with Gasteiger partial charge in [-0.1, -0.05) is 24.3 Å². The number of rotatable bonds is 6. The van der Waals surface area contributed by atoms with Crippen LogP contribution >= 0.6 is 11.8 Å². The predicted octanol–water partition coefficient (Wildman–Crippen LogP) is 4.27. The molecule has 0 bridgehead atoms. The molecule has 1 aliphatic heterocycles. The van der Waals surface area contributed by atoms with Gasteiger partial charge in [0.25, 0.3) is 5.91 Å².